The van der Waals surface area contributed by atoms with E-state index in [-0.39, 0.29) is 29.1 Å². The molecule has 1 unspecified atom stereocenters. The quantitative estimate of drug-likeness (QED) is 0.287. The van der Waals surface area contributed by atoms with Gasteiger partial charge in [0, 0.05) is 48.6 Å². The minimum Gasteiger partial charge on any atom is -0.618 e. The Bertz CT molecular complexity index is 1310. The topological polar surface area (TPSA) is 103 Å². The van der Waals surface area contributed by atoms with Gasteiger partial charge in [-0.15, -0.1) is 0 Å². The van der Waals surface area contributed by atoms with E-state index in [0.717, 1.165) is 30.5 Å². The highest BCUT2D eigenvalue weighted by Crippen LogP contribution is 2.28. The summed E-state index contributed by atoms with van der Waals surface area (Å²) in [6.07, 6.45) is 3.10. The van der Waals surface area contributed by atoms with Crippen molar-refractivity contribution >= 4 is 11.7 Å². The number of halogens is 4. The summed E-state index contributed by atoms with van der Waals surface area (Å²) in [5.41, 5.74) is -0.926. The molecule has 0 saturated heterocycles. The lowest BCUT2D eigenvalue weighted by Gasteiger charge is -2.18. The molecule has 35 heavy (non-hydrogen) atoms. The van der Waals surface area contributed by atoms with Crippen LogP contribution in [0.5, 0.6) is 0 Å². The van der Waals surface area contributed by atoms with E-state index in [1.807, 2.05) is 0 Å². The largest absolute Gasteiger partial charge is 0.618 e. The molecule has 12 heteroatoms. The van der Waals surface area contributed by atoms with Gasteiger partial charge in [-0.05, 0) is 37.1 Å². The van der Waals surface area contributed by atoms with Crippen LogP contribution in [0, 0.1) is 16.8 Å². The van der Waals surface area contributed by atoms with Crippen LogP contribution in [-0.4, -0.2) is 22.0 Å². The van der Waals surface area contributed by atoms with Crippen LogP contribution in [-0.2, 0) is 23.7 Å². The summed E-state index contributed by atoms with van der Waals surface area (Å²) in [6.45, 7) is -1.26. The summed E-state index contributed by atoms with van der Waals surface area (Å²) in [5.74, 6) is -5.70. The van der Waals surface area contributed by atoms with Crippen LogP contribution in [0.1, 0.15) is 35.8 Å². The Morgan fingerprint density at radius 1 is 1.26 bits per heavy atom. The van der Waals surface area contributed by atoms with Gasteiger partial charge >= 0.3 is 5.92 Å². The van der Waals surface area contributed by atoms with Crippen molar-refractivity contribution in [3.63, 3.8) is 0 Å². The average Bonchev–Trinajstić information content (AvgIpc) is 3.22. The molecule has 184 valence electrons. The Labute approximate surface area is 196 Å². The molecule has 1 aliphatic rings. The van der Waals surface area contributed by atoms with Crippen LogP contribution in [0.25, 0.3) is 0 Å². The number of pyridine rings is 1. The smallest absolute Gasteiger partial charge is 0.347 e. The molecule has 0 bridgehead atoms. The monoisotopic (exact) mass is 491 g/mol. The Morgan fingerprint density at radius 3 is 2.83 bits per heavy atom. The molecule has 1 aromatic carbocycles. The van der Waals surface area contributed by atoms with Crippen molar-refractivity contribution in [2.75, 3.05) is 11.9 Å². The highest BCUT2D eigenvalue weighted by atomic mass is 19.3. The number of carbonyl (C=O) groups excluding carboxylic acids is 1. The number of alkyl halides is 2. The maximum absolute atomic E-state index is 14.5. The Balaban J connectivity index is 1.44. The van der Waals surface area contributed by atoms with Gasteiger partial charge < -0.3 is 20.4 Å². The minimum absolute atomic E-state index is 0.0169. The lowest BCUT2D eigenvalue weighted by atomic mass is 10.1. The zero-order chi connectivity index (χ0) is 25.2. The molecule has 2 N–H and O–H groups in total. The van der Waals surface area contributed by atoms with Crippen molar-refractivity contribution < 1.29 is 27.1 Å². The van der Waals surface area contributed by atoms with Crippen molar-refractivity contribution in [3.05, 3.63) is 92.9 Å². The highest BCUT2D eigenvalue weighted by Gasteiger charge is 2.39. The number of fused-ring (bicyclic) bond motifs is 1. The summed E-state index contributed by atoms with van der Waals surface area (Å²) < 4.78 is 57.5. The third-order valence-electron chi connectivity index (χ3n) is 5.75. The van der Waals surface area contributed by atoms with Gasteiger partial charge in [0.1, 0.15) is 11.6 Å². The zero-order valence-corrected chi connectivity index (χ0v) is 18.3. The molecular formula is C23H21F4N5O3. The van der Waals surface area contributed by atoms with E-state index >= 15 is 0 Å². The SMILES string of the molecule is O=C(CC1CCc2cnc(NCC(F)(F)c3cccc[n+]3[O-])c(=O)n21)NCc1cc(F)ccc1F. The molecule has 8 nitrogen and oxygen atoms in total. The van der Waals surface area contributed by atoms with E-state index < -0.39 is 47.3 Å². The van der Waals surface area contributed by atoms with E-state index in [0.29, 0.717) is 18.5 Å². The number of rotatable bonds is 8. The number of amides is 1. The van der Waals surface area contributed by atoms with Crippen molar-refractivity contribution in [2.24, 2.45) is 0 Å². The van der Waals surface area contributed by atoms with Crippen LogP contribution in [0.15, 0.2) is 53.6 Å². The van der Waals surface area contributed by atoms with E-state index in [1.54, 1.807) is 0 Å². The van der Waals surface area contributed by atoms with E-state index in [4.69, 9.17) is 0 Å². The maximum Gasteiger partial charge on any atom is 0.347 e. The van der Waals surface area contributed by atoms with Crippen molar-refractivity contribution in [3.8, 4) is 0 Å². The molecular weight excluding hydrogens is 470 g/mol. The summed E-state index contributed by atoms with van der Waals surface area (Å²) >= 11 is 0. The van der Waals surface area contributed by atoms with Crippen LogP contribution < -0.4 is 20.9 Å². The fourth-order valence-corrected chi connectivity index (χ4v) is 4.00. The van der Waals surface area contributed by atoms with Crippen molar-refractivity contribution in [1.82, 2.24) is 14.9 Å². The van der Waals surface area contributed by atoms with Gasteiger partial charge in [0.05, 0.1) is 6.54 Å². The predicted molar refractivity (Wildman–Crippen MR) is 116 cm³/mol. The van der Waals surface area contributed by atoms with E-state index in [9.17, 15) is 32.4 Å². The summed E-state index contributed by atoms with van der Waals surface area (Å²) in [6, 6.07) is 5.96. The second-order valence-corrected chi connectivity index (χ2v) is 8.15. The molecule has 3 heterocycles. The summed E-state index contributed by atoms with van der Waals surface area (Å²) in [7, 11) is 0. The zero-order valence-electron chi connectivity index (χ0n) is 18.3. The van der Waals surface area contributed by atoms with Gasteiger partial charge in [0.25, 0.3) is 11.3 Å². The van der Waals surface area contributed by atoms with Gasteiger partial charge in [0.15, 0.2) is 12.0 Å². The van der Waals surface area contributed by atoms with Gasteiger partial charge in [-0.2, -0.15) is 13.5 Å². The molecule has 0 aliphatic carbocycles. The number of anilines is 1. The van der Waals surface area contributed by atoms with Gasteiger partial charge in [0.2, 0.25) is 5.91 Å². The van der Waals surface area contributed by atoms with Gasteiger partial charge in [-0.25, -0.2) is 13.8 Å². The first-order valence-corrected chi connectivity index (χ1v) is 10.8. The van der Waals surface area contributed by atoms with Crippen LogP contribution in [0.2, 0.25) is 0 Å². The second kappa shape index (κ2) is 9.72. The molecule has 0 saturated carbocycles. The fraction of sp³-hybridized carbons (Fsp3) is 0.304. The third kappa shape index (κ3) is 5.26. The Hall–Kier alpha value is -3.96. The first-order chi connectivity index (χ1) is 16.7. The molecule has 1 atom stereocenters. The summed E-state index contributed by atoms with van der Waals surface area (Å²) in [4.78, 5) is 29.3. The van der Waals surface area contributed by atoms with E-state index in [2.05, 4.69) is 15.6 Å². The molecule has 3 aromatic rings. The lowest BCUT2D eigenvalue weighted by Crippen LogP contribution is -2.41. The number of hydrogen-bond acceptors (Lipinski definition) is 5. The van der Waals surface area contributed by atoms with Crippen LogP contribution >= 0.6 is 0 Å². The molecule has 1 aliphatic heterocycles. The number of hydrogen-bond donors (Lipinski definition) is 2. The number of carbonyl (C=O) groups is 1. The first kappa shape index (κ1) is 24.2. The van der Waals surface area contributed by atoms with Crippen molar-refractivity contribution in [2.45, 2.75) is 37.8 Å². The number of aromatic nitrogens is 3. The van der Waals surface area contributed by atoms with Crippen LogP contribution in [0.4, 0.5) is 23.4 Å². The average molecular weight is 491 g/mol. The standard InChI is InChI=1S/C23H21F4N5O3/c24-15-4-7-18(25)14(9-15)11-28-20(33)10-16-5-6-17-12-29-21(22(34)32(16)17)30-13-23(26,27)19-3-1-2-8-31(19)35/h1-4,7-9,12,16H,5-6,10-11,13H2,(H,28,33)(H,29,30). The summed E-state index contributed by atoms with van der Waals surface area (Å²) in [5, 5.41) is 16.5. The number of nitrogens with one attached hydrogen (secondary N) is 2. The third-order valence-corrected chi connectivity index (χ3v) is 5.75. The highest BCUT2D eigenvalue weighted by molar-refractivity contribution is 5.76. The second-order valence-electron chi connectivity index (χ2n) is 8.15. The fourth-order valence-electron chi connectivity index (χ4n) is 4.00. The lowest BCUT2D eigenvalue weighted by molar-refractivity contribution is -0.624. The number of aryl methyl sites for hydroxylation is 1. The number of benzene rings is 1. The van der Waals surface area contributed by atoms with Crippen LogP contribution in [0.3, 0.4) is 0 Å². The van der Waals surface area contributed by atoms with Crippen molar-refractivity contribution in [1.29, 1.82) is 0 Å². The molecule has 4 rings (SSSR count). The van der Waals surface area contributed by atoms with Gasteiger partial charge in [-0.1, -0.05) is 0 Å². The molecule has 0 fully saturated rings. The predicted octanol–water partition coefficient (Wildman–Crippen LogP) is 2.55. The van der Waals surface area contributed by atoms with Gasteiger partial charge in [-0.3, -0.25) is 9.59 Å². The Morgan fingerprint density at radius 2 is 2.06 bits per heavy atom. The minimum atomic E-state index is -3.58. The van der Waals surface area contributed by atoms with E-state index in [1.165, 1.54) is 22.9 Å². The molecule has 2 aromatic heterocycles. The maximum atomic E-state index is 14.5. The molecule has 0 spiro atoms. The Kier molecular flexibility index (Phi) is 6.72. The normalized spacial score (nSPS) is 15.0. The number of nitrogens with zero attached hydrogens (tertiary/aromatic N) is 3. The first-order valence-electron chi connectivity index (χ1n) is 10.8. The molecule has 0 radical (unpaired) electrons. The molecule has 1 amide bonds.